The molecule has 0 bridgehead atoms. The summed E-state index contributed by atoms with van der Waals surface area (Å²) in [4.78, 5) is 17.4. The Hall–Kier alpha value is -3.63. The van der Waals surface area contributed by atoms with Gasteiger partial charge in [-0.15, -0.1) is 0 Å². The topological polar surface area (TPSA) is 41.6 Å². The molecule has 1 fully saturated rings. The van der Waals surface area contributed by atoms with E-state index in [2.05, 4.69) is 10.4 Å². The number of hydrogen-bond acceptors (Lipinski definition) is 3. The maximum absolute atomic E-state index is 13.1. The van der Waals surface area contributed by atoms with E-state index in [1.807, 2.05) is 24.3 Å². The number of carbonyl (C=O) groups excluding carboxylic acids is 1. The number of benzene rings is 3. The molecule has 3 aromatic carbocycles. The van der Waals surface area contributed by atoms with Gasteiger partial charge in [0, 0.05) is 19.6 Å². The molecule has 0 unspecified atom stereocenters. The van der Waals surface area contributed by atoms with E-state index in [4.69, 9.17) is 4.84 Å². The van der Waals surface area contributed by atoms with E-state index in [0.717, 1.165) is 41.0 Å². The van der Waals surface area contributed by atoms with Crippen molar-refractivity contribution in [1.29, 1.82) is 0 Å². The van der Waals surface area contributed by atoms with Crippen LogP contribution >= 0.6 is 0 Å². The Balaban J connectivity index is 1.50. The number of alkyl halides is 6. The van der Waals surface area contributed by atoms with Crippen LogP contribution in [0.1, 0.15) is 46.2 Å². The van der Waals surface area contributed by atoms with Crippen LogP contribution in [0.5, 0.6) is 0 Å². The highest BCUT2D eigenvalue weighted by atomic mass is 19.4. The lowest BCUT2D eigenvalue weighted by molar-refractivity contribution is -0.138. The highest BCUT2D eigenvalue weighted by Crippen LogP contribution is 2.37. The number of halogens is 6. The molecule has 0 spiro atoms. The van der Waals surface area contributed by atoms with Crippen LogP contribution in [0.4, 0.5) is 26.3 Å². The quantitative estimate of drug-likeness (QED) is 0.132. The van der Waals surface area contributed by atoms with Gasteiger partial charge < -0.3 is 0 Å². The average Bonchev–Trinajstić information content (AvgIpc) is 2.93. The summed E-state index contributed by atoms with van der Waals surface area (Å²) in [5, 5.41) is 0. The molecular formula is C30H28F6N2O2. The van der Waals surface area contributed by atoms with E-state index < -0.39 is 23.5 Å². The molecule has 1 heterocycles. The third-order valence-corrected chi connectivity index (χ3v) is 6.87. The van der Waals surface area contributed by atoms with Gasteiger partial charge in [0.05, 0.1) is 17.7 Å². The molecule has 4 nitrogen and oxygen atoms in total. The van der Waals surface area contributed by atoms with Crippen LogP contribution in [0.15, 0.2) is 78.4 Å². The normalized spacial score (nSPS) is 14.7. The fourth-order valence-corrected chi connectivity index (χ4v) is 4.79. The molecule has 1 amide bonds. The molecule has 212 valence electrons. The molecule has 0 aliphatic carbocycles. The van der Waals surface area contributed by atoms with Crippen LogP contribution < -0.4 is 5.48 Å². The Bertz CT molecular complexity index is 1230. The Labute approximate surface area is 228 Å². The van der Waals surface area contributed by atoms with Gasteiger partial charge in [-0.2, -0.15) is 26.3 Å². The van der Waals surface area contributed by atoms with Gasteiger partial charge in [0.1, 0.15) is 0 Å². The van der Waals surface area contributed by atoms with Gasteiger partial charge in [-0.05, 0) is 71.4 Å². The van der Waals surface area contributed by atoms with E-state index in [1.165, 1.54) is 24.3 Å². The Morgan fingerprint density at radius 3 is 1.68 bits per heavy atom. The lowest BCUT2D eigenvalue weighted by atomic mass is 9.87. The number of piperidine rings is 1. The summed E-state index contributed by atoms with van der Waals surface area (Å²) in [6.45, 7) is 2.48. The van der Waals surface area contributed by atoms with E-state index in [0.29, 0.717) is 68.6 Å². The van der Waals surface area contributed by atoms with Crippen molar-refractivity contribution < 1.29 is 36.0 Å². The van der Waals surface area contributed by atoms with Gasteiger partial charge in [0.25, 0.3) is 0 Å². The monoisotopic (exact) mass is 562 g/mol. The van der Waals surface area contributed by atoms with Crippen molar-refractivity contribution >= 4 is 12.0 Å². The van der Waals surface area contributed by atoms with Gasteiger partial charge in [0.15, 0.2) is 0 Å². The lowest BCUT2D eigenvalue weighted by Gasteiger charge is -2.30. The molecule has 3 aromatic rings. The number of amides is 1. The van der Waals surface area contributed by atoms with Crippen LogP contribution in [-0.4, -0.2) is 31.0 Å². The number of hydrogen-bond donors (Lipinski definition) is 1. The van der Waals surface area contributed by atoms with Gasteiger partial charge in [-0.3, -0.25) is 14.5 Å². The standard InChI is InChI=1S/C30H28F6N2O2/c31-29(32,33)26-9-5-23(6-10-26)28(24-7-11-27(12-8-24)30(34,35)36)25-13-16-38(17-14-25)19-22-3-1-21(2-4-22)15-18-40-37-20-39/h1-12,20H,13-19H2,(H,37,39). The van der Waals surface area contributed by atoms with Crippen molar-refractivity contribution in [2.45, 2.75) is 38.2 Å². The van der Waals surface area contributed by atoms with Crippen molar-refractivity contribution in [3.8, 4) is 0 Å². The minimum atomic E-state index is -4.48. The molecule has 4 rings (SSSR count). The summed E-state index contributed by atoms with van der Waals surface area (Å²) >= 11 is 0. The maximum atomic E-state index is 13.1. The molecule has 0 atom stereocenters. The predicted molar refractivity (Wildman–Crippen MR) is 139 cm³/mol. The molecule has 10 heteroatoms. The molecule has 1 N–H and O–H groups in total. The van der Waals surface area contributed by atoms with Gasteiger partial charge in [-0.1, -0.05) is 54.1 Å². The van der Waals surface area contributed by atoms with Crippen molar-refractivity contribution in [2.24, 2.45) is 0 Å². The van der Waals surface area contributed by atoms with Gasteiger partial charge in [-0.25, -0.2) is 5.48 Å². The van der Waals surface area contributed by atoms with Crippen LogP contribution in [0.3, 0.4) is 0 Å². The number of nitrogens with zero attached hydrogens (tertiary/aromatic N) is 1. The van der Waals surface area contributed by atoms with Gasteiger partial charge >= 0.3 is 12.4 Å². The molecule has 0 saturated carbocycles. The van der Waals surface area contributed by atoms with Crippen LogP contribution in [0.2, 0.25) is 0 Å². The number of hydroxylamine groups is 1. The molecule has 0 aromatic heterocycles. The van der Waals surface area contributed by atoms with E-state index in [1.54, 1.807) is 0 Å². The Morgan fingerprint density at radius 1 is 0.750 bits per heavy atom. The van der Waals surface area contributed by atoms with Crippen molar-refractivity contribution in [3.05, 3.63) is 112 Å². The second-order valence-corrected chi connectivity index (χ2v) is 9.56. The number of rotatable bonds is 9. The van der Waals surface area contributed by atoms with Crippen molar-refractivity contribution in [3.63, 3.8) is 0 Å². The summed E-state index contributed by atoms with van der Waals surface area (Å²) < 4.78 is 78.8. The molecule has 1 aliphatic rings. The summed E-state index contributed by atoms with van der Waals surface area (Å²) in [7, 11) is 0. The SMILES string of the molecule is O=CNOCCc1ccc(CN2CCC(=C(c3ccc(C(F)(F)F)cc3)c3ccc(C(F)(F)F)cc3)CC2)cc1. The zero-order valence-corrected chi connectivity index (χ0v) is 21.5. The maximum Gasteiger partial charge on any atom is 0.416 e. The number of nitrogens with one attached hydrogen (secondary N) is 1. The second kappa shape index (κ2) is 12.7. The highest BCUT2D eigenvalue weighted by molar-refractivity contribution is 5.82. The minimum absolute atomic E-state index is 0.361. The minimum Gasteiger partial charge on any atom is -0.298 e. The zero-order chi connectivity index (χ0) is 28.8. The lowest BCUT2D eigenvalue weighted by Crippen LogP contribution is -2.30. The van der Waals surface area contributed by atoms with E-state index >= 15 is 0 Å². The smallest absolute Gasteiger partial charge is 0.298 e. The summed E-state index contributed by atoms with van der Waals surface area (Å²) in [5.41, 5.74) is 5.54. The first-order valence-electron chi connectivity index (χ1n) is 12.7. The number of likely N-dealkylation sites (tertiary alicyclic amines) is 1. The van der Waals surface area contributed by atoms with Crippen molar-refractivity contribution in [1.82, 2.24) is 10.4 Å². The summed E-state index contributed by atoms with van der Waals surface area (Å²) in [6, 6.07) is 17.6. The molecule has 40 heavy (non-hydrogen) atoms. The fourth-order valence-electron chi connectivity index (χ4n) is 4.79. The highest BCUT2D eigenvalue weighted by Gasteiger charge is 2.31. The van der Waals surface area contributed by atoms with Gasteiger partial charge in [0.2, 0.25) is 6.41 Å². The van der Waals surface area contributed by atoms with Crippen LogP contribution in [-0.2, 0) is 35.0 Å². The molecule has 1 saturated heterocycles. The third-order valence-electron chi connectivity index (χ3n) is 6.87. The third kappa shape index (κ3) is 7.73. The van der Waals surface area contributed by atoms with Crippen molar-refractivity contribution in [2.75, 3.05) is 19.7 Å². The van der Waals surface area contributed by atoms with Crippen LogP contribution in [0, 0.1) is 0 Å². The number of carbonyl (C=O) groups is 1. The largest absolute Gasteiger partial charge is 0.416 e. The first-order chi connectivity index (χ1) is 19.0. The second-order valence-electron chi connectivity index (χ2n) is 9.56. The Kier molecular flexibility index (Phi) is 9.32. The summed E-state index contributed by atoms with van der Waals surface area (Å²) in [5.74, 6) is 0. The summed E-state index contributed by atoms with van der Waals surface area (Å²) in [6.07, 6.45) is -6.57. The van der Waals surface area contributed by atoms with E-state index in [9.17, 15) is 31.1 Å². The Morgan fingerprint density at radius 2 is 1.23 bits per heavy atom. The molecular weight excluding hydrogens is 534 g/mol. The van der Waals surface area contributed by atoms with E-state index in [-0.39, 0.29) is 0 Å². The first kappa shape index (κ1) is 29.4. The molecule has 0 radical (unpaired) electrons. The average molecular weight is 563 g/mol. The predicted octanol–water partition coefficient (Wildman–Crippen LogP) is 7.04. The molecule has 1 aliphatic heterocycles. The fraction of sp³-hybridized carbons (Fsp3) is 0.300. The first-order valence-corrected chi connectivity index (χ1v) is 12.7. The zero-order valence-electron chi connectivity index (χ0n) is 21.5. The van der Waals surface area contributed by atoms with Crippen LogP contribution in [0.25, 0.3) is 5.57 Å².